The normalized spacial score (nSPS) is 11.7. The van der Waals surface area contributed by atoms with Crippen LogP contribution in [0.2, 0.25) is 0 Å². The first-order valence-electron chi connectivity index (χ1n) is 12.8. The van der Waals surface area contributed by atoms with E-state index in [0.29, 0.717) is 0 Å². The summed E-state index contributed by atoms with van der Waals surface area (Å²) in [5, 5.41) is 4.71. The fourth-order valence-corrected chi connectivity index (χ4v) is 5.79. The second kappa shape index (κ2) is 8.19. The standard InChI is InChI=1S/C35H22N2O/c1-4-16-30-25(12-1)26-13-2-5-17-31(26)37(30)32-20-19-28-27-14-3-6-18-33(27)38-35(28)34(32)24-11-9-10-23(22-24)29-15-7-8-21-36-29/h1-22H. The molecule has 38 heavy (non-hydrogen) atoms. The van der Waals surface area contributed by atoms with Gasteiger partial charge in [0, 0.05) is 38.9 Å². The molecule has 3 aromatic heterocycles. The highest BCUT2D eigenvalue weighted by molar-refractivity contribution is 6.14. The third kappa shape index (κ3) is 3.06. The van der Waals surface area contributed by atoms with Crippen LogP contribution in [0.5, 0.6) is 0 Å². The van der Waals surface area contributed by atoms with E-state index in [2.05, 4.69) is 113 Å². The summed E-state index contributed by atoms with van der Waals surface area (Å²) in [5.41, 5.74) is 9.41. The number of nitrogens with zero attached hydrogens (tertiary/aromatic N) is 2. The highest BCUT2D eigenvalue weighted by Crippen LogP contribution is 2.43. The van der Waals surface area contributed by atoms with Gasteiger partial charge in [-0.3, -0.25) is 4.98 Å². The lowest BCUT2D eigenvalue weighted by Gasteiger charge is -2.15. The van der Waals surface area contributed by atoms with E-state index in [1.807, 2.05) is 30.5 Å². The van der Waals surface area contributed by atoms with Gasteiger partial charge in [0.05, 0.1) is 22.4 Å². The van der Waals surface area contributed by atoms with Crippen LogP contribution in [0.4, 0.5) is 0 Å². The van der Waals surface area contributed by atoms with Crippen molar-refractivity contribution in [3.05, 3.63) is 134 Å². The molecule has 8 aromatic rings. The maximum atomic E-state index is 6.62. The predicted octanol–water partition coefficient (Wildman–Crippen LogP) is 9.41. The number of pyridine rings is 1. The van der Waals surface area contributed by atoms with E-state index in [0.717, 1.165) is 50.0 Å². The Bertz CT molecular complexity index is 2080. The summed E-state index contributed by atoms with van der Waals surface area (Å²) in [7, 11) is 0. The van der Waals surface area contributed by atoms with Gasteiger partial charge >= 0.3 is 0 Å². The van der Waals surface area contributed by atoms with Crippen molar-refractivity contribution in [2.45, 2.75) is 0 Å². The van der Waals surface area contributed by atoms with Crippen molar-refractivity contribution in [1.29, 1.82) is 0 Å². The molecule has 0 spiro atoms. The van der Waals surface area contributed by atoms with Crippen molar-refractivity contribution >= 4 is 43.7 Å². The summed E-state index contributed by atoms with van der Waals surface area (Å²) in [6, 6.07) is 44.6. The summed E-state index contributed by atoms with van der Waals surface area (Å²) < 4.78 is 8.99. The average molecular weight is 487 g/mol. The zero-order valence-corrected chi connectivity index (χ0v) is 20.5. The van der Waals surface area contributed by atoms with E-state index < -0.39 is 0 Å². The van der Waals surface area contributed by atoms with Gasteiger partial charge in [-0.1, -0.05) is 78.9 Å². The van der Waals surface area contributed by atoms with Crippen molar-refractivity contribution in [2.24, 2.45) is 0 Å². The third-order valence-corrected chi connectivity index (χ3v) is 7.46. The van der Waals surface area contributed by atoms with Crippen molar-refractivity contribution in [3.63, 3.8) is 0 Å². The zero-order valence-electron chi connectivity index (χ0n) is 20.5. The van der Waals surface area contributed by atoms with Gasteiger partial charge in [0.25, 0.3) is 0 Å². The first-order chi connectivity index (χ1) is 18.9. The van der Waals surface area contributed by atoms with E-state index in [9.17, 15) is 0 Å². The maximum absolute atomic E-state index is 6.62. The molecule has 0 aliphatic rings. The second-order valence-electron chi connectivity index (χ2n) is 9.60. The van der Waals surface area contributed by atoms with Crippen LogP contribution in [0.1, 0.15) is 0 Å². The first-order valence-corrected chi connectivity index (χ1v) is 12.8. The van der Waals surface area contributed by atoms with E-state index in [4.69, 9.17) is 4.42 Å². The monoisotopic (exact) mass is 486 g/mol. The highest BCUT2D eigenvalue weighted by Gasteiger charge is 2.21. The van der Waals surface area contributed by atoms with Crippen LogP contribution in [0.15, 0.2) is 138 Å². The Morgan fingerprint density at radius 1 is 0.526 bits per heavy atom. The van der Waals surface area contributed by atoms with Crippen molar-refractivity contribution < 1.29 is 4.42 Å². The summed E-state index contributed by atoms with van der Waals surface area (Å²) in [5.74, 6) is 0. The molecule has 0 bridgehead atoms. The van der Waals surface area contributed by atoms with E-state index in [1.165, 1.54) is 21.8 Å². The lowest BCUT2D eigenvalue weighted by molar-refractivity contribution is 0.670. The van der Waals surface area contributed by atoms with Gasteiger partial charge in [0.1, 0.15) is 11.2 Å². The quantitative estimate of drug-likeness (QED) is 0.249. The molecule has 0 atom stereocenters. The Labute approximate surface area is 219 Å². The van der Waals surface area contributed by atoms with Crippen LogP contribution in [0.25, 0.3) is 71.8 Å². The molecule has 0 saturated carbocycles. The lowest BCUT2D eigenvalue weighted by atomic mass is 9.97. The molecule has 0 amide bonds. The largest absolute Gasteiger partial charge is 0.455 e. The van der Waals surface area contributed by atoms with Crippen molar-refractivity contribution in [1.82, 2.24) is 9.55 Å². The minimum Gasteiger partial charge on any atom is -0.455 e. The molecule has 0 saturated heterocycles. The molecule has 8 rings (SSSR count). The third-order valence-electron chi connectivity index (χ3n) is 7.46. The smallest absolute Gasteiger partial charge is 0.145 e. The number of para-hydroxylation sites is 3. The molecule has 5 aromatic carbocycles. The SMILES string of the molecule is c1ccc(-c2cccc(-c3c(-n4c5ccccc5c5ccccc54)ccc4c3oc3ccccc34)c2)nc1. The van der Waals surface area contributed by atoms with E-state index in [1.54, 1.807) is 0 Å². The number of hydrogen-bond donors (Lipinski definition) is 0. The molecular formula is C35H22N2O. The summed E-state index contributed by atoms with van der Waals surface area (Å²) in [6.07, 6.45) is 1.84. The van der Waals surface area contributed by atoms with Gasteiger partial charge in [-0.2, -0.15) is 0 Å². The van der Waals surface area contributed by atoms with Crippen LogP contribution in [0.3, 0.4) is 0 Å². The molecule has 0 aliphatic carbocycles. The Morgan fingerprint density at radius 2 is 1.21 bits per heavy atom. The maximum Gasteiger partial charge on any atom is 0.145 e. The van der Waals surface area contributed by atoms with Crippen LogP contribution < -0.4 is 0 Å². The minimum atomic E-state index is 0.892. The Morgan fingerprint density at radius 3 is 1.97 bits per heavy atom. The van der Waals surface area contributed by atoms with Gasteiger partial charge in [-0.15, -0.1) is 0 Å². The number of hydrogen-bond acceptors (Lipinski definition) is 2. The Kier molecular flexibility index (Phi) is 4.52. The Hall–Kier alpha value is -5.15. The number of aromatic nitrogens is 2. The zero-order chi connectivity index (χ0) is 25.1. The lowest BCUT2D eigenvalue weighted by Crippen LogP contribution is -1.98. The summed E-state index contributed by atoms with van der Waals surface area (Å²) in [6.45, 7) is 0. The van der Waals surface area contributed by atoms with E-state index >= 15 is 0 Å². The van der Waals surface area contributed by atoms with Crippen molar-refractivity contribution in [2.75, 3.05) is 0 Å². The average Bonchev–Trinajstić information content (AvgIpc) is 3.53. The summed E-state index contributed by atoms with van der Waals surface area (Å²) >= 11 is 0. The number of rotatable bonds is 3. The van der Waals surface area contributed by atoms with E-state index in [-0.39, 0.29) is 0 Å². The van der Waals surface area contributed by atoms with Gasteiger partial charge < -0.3 is 8.98 Å². The molecule has 0 N–H and O–H groups in total. The number of benzene rings is 5. The van der Waals surface area contributed by atoms with Gasteiger partial charge in [-0.05, 0) is 54.1 Å². The fraction of sp³-hybridized carbons (Fsp3) is 0. The molecule has 0 aliphatic heterocycles. The first kappa shape index (κ1) is 21.0. The Balaban J connectivity index is 1.52. The molecule has 3 heterocycles. The van der Waals surface area contributed by atoms with Crippen LogP contribution in [0, 0.1) is 0 Å². The van der Waals surface area contributed by atoms with Crippen molar-refractivity contribution in [3.8, 4) is 28.1 Å². The summed E-state index contributed by atoms with van der Waals surface area (Å²) in [4.78, 5) is 4.61. The number of furan rings is 1. The predicted molar refractivity (Wildman–Crippen MR) is 157 cm³/mol. The van der Waals surface area contributed by atoms with Crippen LogP contribution in [-0.4, -0.2) is 9.55 Å². The number of fused-ring (bicyclic) bond motifs is 6. The molecular weight excluding hydrogens is 464 g/mol. The van der Waals surface area contributed by atoms with Gasteiger partial charge in [0.15, 0.2) is 0 Å². The molecule has 0 radical (unpaired) electrons. The molecule has 0 unspecified atom stereocenters. The second-order valence-corrected chi connectivity index (χ2v) is 9.60. The van der Waals surface area contributed by atoms with Gasteiger partial charge in [0.2, 0.25) is 0 Å². The van der Waals surface area contributed by atoms with Crippen LogP contribution >= 0.6 is 0 Å². The topological polar surface area (TPSA) is 31.0 Å². The minimum absolute atomic E-state index is 0.892. The molecule has 3 nitrogen and oxygen atoms in total. The molecule has 178 valence electrons. The highest BCUT2D eigenvalue weighted by atomic mass is 16.3. The molecule has 3 heteroatoms. The van der Waals surface area contributed by atoms with Gasteiger partial charge in [-0.25, -0.2) is 0 Å². The van der Waals surface area contributed by atoms with Crippen LogP contribution in [-0.2, 0) is 0 Å². The molecule has 0 fully saturated rings. The fourth-order valence-electron chi connectivity index (χ4n) is 5.79.